The van der Waals surface area contributed by atoms with E-state index in [9.17, 15) is 4.79 Å². The zero-order valence-corrected chi connectivity index (χ0v) is 7.25. The lowest BCUT2D eigenvalue weighted by atomic mass is 10.3. The van der Waals surface area contributed by atoms with Crippen LogP contribution in [0.15, 0.2) is 10.7 Å². The first-order chi connectivity index (χ1) is 4.59. The van der Waals surface area contributed by atoms with Crippen molar-refractivity contribution in [1.29, 1.82) is 0 Å². The van der Waals surface area contributed by atoms with Gasteiger partial charge in [0.05, 0.1) is 0 Å². The highest BCUT2D eigenvalue weighted by molar-refractivity contribution is 6.42. The van der Waals surface area contributed by atoms with Crippen LogP contribution in [0.1, 0.15) is 20.8 Å². The van der Waals surface area contributed by atoms with Gasteiger partial charge in [-0.2, -0.15) is 0 Å². The zero-order valence-electron chi connectivity index (χ0n) is 6.49. The molecule has 0 saturated carbocycles. The van der Waals surface area contributed by atoms with Crippen molar-refractivity contribution in [1.82, 2.24) is 5.32 Å². The molecule has 0 aromatic heterocycles. The first-order valence-electron chi connectivity index (χ1n) is 3.20. The highest BCUT2D eigenvalue weighted by Gasteiger charge is 2.02. The number of halogens is 1. The molecule has 0 bridgehead atoms. The van der Waals surface area contributed by atoms with Gasteiger partial charge in [0.2, 0.25) is 0 Å². The molecule has 0 aliphatic carbocycles. The van der Waals surface area contributed by atoms with Crippen molar-refractivity contribution in [3.8, 4) is 0 Å². The summed E-state index contributed by atoms with van der Waals surface area (Å²) >= 11 is 5.61. The molecule has 0 fully saturated rings. The smallest absolute Gasteiger partial charge is 0.172 e. The fourth-order valence-corrected chi connectivity index (χ4v) is 0.674. The molecule has 0 atom stereocenters. The van der Waals surface area contributed by atoms with E-state index in [1.165, 1.54) is 6.92 Å². The molecule has 0 heterocycles. The number of hydrogen-bond donors (Lipinski definition) is 1. The van der Waals surface area contributed by atoms with E-state index in [1.54, 1.807) is 6.92 Å². The van der Waals surface area contributed by atoms with Gasteiger partial charge < -0.3 is 5.32 Å². The summed E-state index contributed by atoms with van der Waals surface area (Å²) in [6, 6.07) is 0. The van der Waals surface area contributed by atoms with E-state index in [2.05, 4.69) is 5.32 Å². The van der Waals surface area contributed by atoms with Crippen molar-refractivity contribution < 1.29 is 4.79 Å². The van der Waals surface area contributed by atoms with E-state index in [0.29, 0.717) is 5.03 Å². The van der Waals surface area contributed by atoms with Crippen LogP contribution in [-0.4, -0.2) is 12.3 Å². The first kappa shape index (κ1) is 9.50. The molecule has 0 unspecified atom stereocenters. The average molecular weight is 162 g/mol. The van der Waals surface area contributed by atoms with Gasteiger partial charge in [0, 0.05) is 19.2 Å². The molecule has 3 heteroatoms. The van der Waals surface area contributed by atoms with Gasteiger partial charge in [-0.05, 0) is 13.8 Å². The topological polar surface area (TPSA) is 29.1 Å². The summed E-state index contributed by atoms with van der Waals surface area (Å²) < 4.78 is 0. The summed E-state index contributed by atoms with van der Waals surface area (Å²) in [5.74, 6) is -0.0971. The van der Waals surface area contributed by atoms with Gasteiger partial charge in [0.15, 0.2) is 5.78 Å². The number of ketones is 1. The second-order valence-electron chi connectivity index (χ2n) is 2.03. The minimum absolute atomic E-state index is 0.0971. The summed E-state index contributed by atoms with van der Waals surface area (Å²) in [4.78, 5) is 10.6. The molecule has 10 heavy (non-hydrogen) atoms. The van der Waals surface area contributed by atoms with Crippen LogP contribution in [-0.2, 0) is 4.79 Å². The summed E-state index contributed by atoms with van der Waals surface area (Å²) in [6.07, 6.45) is 0. The van der Waals surface area contributed by atoms with Crippen LogP contribution in [0.3, 0.4) is 0 Å². The average Bonchev–Trinajstić information content (AvgIpc) is 1.87. The quantitative estimate of drug-likeness (QED) is 0.638. The second-order valence-corrected chi connectivity index (χ2v) is 2.40. The number of carbonyl (C=O) groups excluding carboxylic acids is 1. The van der Waals surface area contributed by atoms with Crippen molar-refractivity contribution in [3.05, 3.63) is 10.7 Å². The third kappa shape index (κ3) is 2.87. The summed E-state index contributed by atoms with van der Waals surface area (Å²) in [6.45, 7) is 5.97. The Morgan fingerprint density at radius 3 is 2.30 bits per heavy atom. The second kappa shape index (κ2) is 4.34. The standard InChI is InChI=1S/C7H12ClNO/c1-4-9-5(2)7(8)6(3)10/h9H,4H2,1-3H3/b7-5-. The molecule has 0 rings (SSSR count). The van der Waals surface area contributed by atoms with Crippen LogP contribution in [0.5, 0.6) is 0 Å². The Morgan fingerprint density at radius 1 is 1.50 bits per heavy atom. The van der Waals surface area contributed by atoms with E-state index in [-0.39, 0.29) is 5.78 Å². The van der Waals surface area contributed by atoms with Gasteiger partial charge in [0.25, 0.3) is 0 Å². The molecule has 2 nitrogen and oxygen atoms in total. The highest BCUT2D eigenvalue weighted by Crippen LogP contribution is 2.06. The Morgan fingerprint density at radius 2 is 2.00 bits per heavy atom. The maximum absolute atomic E-state index is 10.6. The van der Waals surface area contributed by atoms with Crippen LogP contribution in [0.25, 0.3) is 0 Å². The molecular formula is C7H12ClNO. The van der Waals surface area contributed by atoms with E-state index in [0.717, 1.165) is 12.2 Å². The van der Waals surface area contributed by atoms with Gasteiger partial charge in [-0.15, -0.1) is 0 Å². The van der Waals surface area contributed by atoms with E-state index in [1.807, 2.05) is 6.92 Å². The fraction of sp³-hybridized carbons (Fsp3) is 0.571. The lowest BCUT2D eigenvalue weighted by Crippen LogP contribution is -2.12. The maximum Gasteiger partial charge on any atom is 0.172 e. The molecule has 58 valence electrons. The van der Waals surface area contributed by atoms with Gasteiger partial charge >= 0.3 is 0 Å². The van der Waals surface area contributed by atoms with Crippen LogP contribution >= 0.6 is 11.6 Å². The number of hydrogen-bond acceptors (Lipinski definition) is 2. The monoisotopic (exact) mass is 161 g/mol. The van der Waals surface area contributed by atoms with Gasteiger partial charge in [-0.25, -0.2) is 0 Å². The van der Waals surface area contributed by atoms with Crippen LogP contribution in [0.4, 0.5) is 0 Å². The van der Waals surface area contributed by atoms with Crippen LogP contribution in [0, 0.1) is 0 Å². The van der Waals surface area contributed by atoms with E-state index < -0.39 is 0 Å². The minimum atomic E-state index is -0.0971. The predicted molar refractivity (Wildman–Crippen MR) is 42.9 cm³/mol. The lowest BCUT2D eigenvalue weighted by Gasteiger charge is -2.03. The first-order valence-corrected chi connectivity index (χ1v) is 3.58. The van der Waals surface area contributed by atoms with Crippen molar-refractivity contribution in [2.75, 3.05) is 6.54 Å². The molecule has 0 spiro atoms. The van der Waals surface area contributed by atoms with E-state index >= 15 is 0 Å². The Hall–Kier alpha value is -0.500. The number of nitrogens with one attached hydrogen (secondary N) is 1. The van der Waals surface area contributed by atoms with Crippen LogP contribution < -0.4 is 5.32 Å². The summed E-state index contributed by atoms with van der Waals surface area (Å²) in [5, 5.41) is 3.25. The number of allylic oxidation sites excluding steroid dienone is 2. The van der Waals surface area contributed by atoms with Crippen molar-refractivity contribution in [3.63, 3.8) is 0 Å². The Bertz CT molecular complexity index is 163. The minimum Gasteiger partial charge on any atom is -0.388 e. The van der Waals surface area contributed by atoms with Crippen molar-refractivity contribution >= 4 is 17.4 Å². The SMILES string of the molecule is CCN/C(C)=C(\Cl)C(C)=O. The number of carbonyl (C=O) groups is 1. The van der Waals surface area contributed by atoms with Gasteiger partial charge in [-0.3, -0.25) is 4.79 Å². The fourth-order valence-electron chi connectivity index (χ4n) is 0.607. The maximum atomic E-state index is 10.6. The van der Waals surface area contributed by atoms with Gasteiger partial charge in [0.1, 0.15) is 5.03 Å². The Balaban J connectivity index is 4.19. The predicted octanol–water partition coefficient (Wildman–Crippen LogP) is 1.66. The molecule has 1 N–H and O–H groups in total. The summed E-state index contributed by atoms with van der Waals surface area (Å²) in [7, 11) is 0. The number of rotatable bonds is 3. The molecule has 0 aromatic rings. The molecule has 0 aliphatic rings. The molecule has 0 aromatic carbocycles. The van der Waals surface area contributed by atoms with Crippen molar-refractivity contribution in [2.45, 2.75) is 20.8 Å². The van der Waals surface area contributed by atoms with Gasteiger partial charge in [-0.1, -0.05) is 11.6 Å². The molecule has 0 radical (unpaired) electrons. The van der Waals surface area contributed by atoms with E-state index in [4.69, 9.17) is 11.6 Å². The zero-order chi connectivity index (χ0) is 8.15. The van der Waals surface area contributed by atoms with Crippen LogP contribution in [0.2, 0.25) is 0 Å². The molecule has 0 amide bonds. The number of Topliss-reactive ketones (excluding diaryl/α,β-unsaturated/α-hetero) is 1. The van der Waals surface area contributed by atoms with Crippen molar-refractivity contribution in [2.24, 2.45) is 0 Å². The third-order valence-electron chi connectivity index (χ3n) is 1.08. The molecule has 0 saturated heterocycles. The lowest BCUT2D eigenvalue weighted by molar-refractivity contribution is -0.113. The highest BCUT2D eigenvalue weighted by atomic mass is 35.5. The molecule has 0 aliphatic heterocycles. The molecular weight excluding hydrogens is 150 g/mol. The third-order valence-corrected chi connectivity index (χ3v) is 1.63. The normalized spacial score (nSPS) is 12.4. The summed E-state index contributed by atoms with van der Waals surface area (Å²) in [5.41, 5.74) is 0.747. The largest absolute Gasteiger partial charge is 0.388 e. The Labute approximate surface area is 66.3 Å². The Kier molecular flexibility index (Phi) is 4.12.